The molecular formula is C10H12IN3. The molecule has 0 aliphatic carbocycles. The van der Waals surface area contributed by atoms with Crippen molar-refractivity contribution in [1.29, 1.82) is 0 Å². The fourth-order valence-electron chi connectivity index (χ4n) is 1.48. The van der Waals surface area contributed by atoms with E-state index in [1.165, 1.54) is 5.56 Å². The molecule has 1 aromatic heterocycles. The van der Waals surface area contributed by atoms with Crippen molar-refractivity contribution < 1.29 is 0 Å². The summed E-state index contributed by atoms with van der Waals surface area (Å²) in [4.78, 5) is 6.48. The zero-order valence-corrected chi connectivity index (χ0v) is 9.99. The van der Waals surface area contributed by atoms with Gasteiger partial charge in [0, 0.05) is 25.8 Å². The van der Waals surface area contributed by atoms with Gasteiger partial charge in [-0.05, 0) is 34.2 Å². The fraction of sp³-hybridized carbons (Fsp3) is 0.300. The first-order chi connectivity index (χ1) is 6.75. The van der Waals surface area contributed by atoms with Crippen LogP contribution in [-0.2, 0) is 6.54 Å². The summed E-state index contributed by atoms with van der Waals surface area (Å²) in [5.41, 5.74) is 1.23. The summed E-state index contributed by atoms with van der Waals surface area (Å²) >= 11 is 2.21. The van der Waals surface area contributed by atoms with Crippen molar-refractivity contribution in [3.8, 4) is 0 Å². The van der Waals surface area contributed by atoms with Crippen LogP contribution in [0.4, 0.5) is 0 Å². The third kappa shape index (κ3) is 2.17. The van der Waals surface area contributed by atoms with Crippen molar-refractivity contribution in [3.05, 3.63) is 40.0 Å². The van der Waals surface area contributed by atoms with Gasteiger partial charge in [-0.2, -0.15) is 0 Å². The second-order valence-corrected chi connectivity index (χ2v) is 4.39. The van der Waals surface area contributed by atoms with E-state index < -0.39 is 0 Å². The lowest BCUT2D eigenvalue weighted by Gasteiger charge is -2.17. The van der Waals surface area contributed by atoms with Crippen LogP contribution in [0.25, 0.3) is 0 Å². The van der Waals surface area contributed by atoms with Crippen LogP contribution in [0, 0.1) is 3.70 Å². The highest BCUT2D eigenvalue weighted by atomic mass is 127. The molecule has 0 radical (unpaired) electrons. The Balaban J connectivity index is 2.03. The van der Waals surface area contributed by atoms with E-state index in [9.17, 15) is 0 Å². The minimum Gasteiger partial charge on any atom is -0.370 e. The van der Waals surface area contributed by atoms with Crippen LogP contribution in [0.1, 0.15) is 5.56 Å². The molecule has 0 spiro atoms. The Morgan fingerprint density at radius 3 is 3.00 bits per heavy atom. The van der Waals surface area contributed by atoms with E-state index in [-0.39, 0.29) is 0 Å². The summed E-state index contributed by atoms with van der Waals surface area (Å²) in [6.45, 7) is 6.87. The highest BCUT2D eigenvalue weighted by Gasteiger charge is 2.13. The van der Waals surface area contributed by atoms with Crippen LogP contribution in [-0.4, -0.2) is 23.0 Å². The predicted octanol–water partition coefficient (Wildman–Crippen LogP) is 1.56. The molecule has 1 fully saturated rings. The Morgan fingerprint density at radius 2 is 2.43 bits per heavy atom. The van der Waals surface area contributed by atoms with Gasteiger partial charge in [-0.15, -0.1) is 0 Å². The van der Waals surface area contributed by atoms with Crippen molar-refractivity contribution in [1.82, 2.24) is 15.2 Å². The van der Waals surface area contributed by atoms with Gasteiger partial charge in [-0.25, -0.2) is 4.98 Å². The molecule has 0 saturated carbocycles. The van der Waals surface area contributed by atoms with Gasteiger partial charge in [0.05, 0.1) is 5.82 Å². The maximum absolute atomic E-state index is 4.26. The Kier molecular flexibility index (Phi) is 2.90. The average Bonchev–Trinajstić information content (AvgIpc) is 2.56. The van der Waals surface area contributed by atoms with Crippen molar-refractivity contribution >= 4 is 22.6 Å². The molecule has 1 aliphatic heterocycles. The highest BCUT2D eigenvalue weighted by molar-refractivity contribution is 14.1. The minimum atomic E-state index is 0.899. The van der Waals surface area contributed by atoms with Crippen molar-refractivity contribution in [3.63, 3.8) is 0 Å². The lowest BCUT2D eigenvalue weighted by molar-refractivity contribution is 0.389. The van der Waals surface area contributed by atoms with E-state index in [0.29, 0.717) is 0 Å². The molecule has 74 valence electrons. The van der Waals surface area contributed by atoms with Gasteiger partial charge in [0.2, 0.25) is 0 Å². The molecule has 0 atom stereocenters. The van der Waals surface area contributed by atoms with Gasteiger partial charge in [-0.3, -0.25) is 0 Å². The van der Waals surface area contributed by atoms with Gasteiger partial charge in [-0.1, -0.05) is 12.6 Å². The Morgan fingerprint density at radius 1 is 1.57 bits per heavy atom. The van der Waals surface area contributed by atoms with Crippen molar-refractivity contribution in [2.75, 3.05) is 13.1 Å². The number of halogens is 1. The van der Waals surface area contributed by atoms with Gasteiger partial charge >= 0.3 is 0 Å². The van der Waals surface area contributed by atoms with Crippen LogP contribution in [0.2, 0.25) is 0 Å². The Labute approximate surface area is 97.4 Å². The molecule has 0 unspecified atom stereocenters. The first-order valence-corrected chi connectivity index (χ1v) is 5.62. The zero-order chi connectivity index (χ0) is 9.97. The van der Waals surface area contributed by atoms with Crippen LogP contribution < -0.4 is 5.32 Å². The monoisotopic (exact) mass is 301 g/mol. The summed E-state index contributed by atoms with van der Waals surface area (Å²) in [6.07, 6.45) is 1.92. The number of nitrogens with zero attached hydrogens (tertiary/aromatic N) is 2. The van der Waals surface area contributed by atoms with E-state index in [1.807, 2.05) is 12.3 Å². The average molecular weight is 301 g/mol. The van der Waals surface area contributed by atoms with Gasteiger partial charge in [0.15, 0.2) is 0 Å². The standard InChI is InChI=1S/C10H12IN3/c1-8-12-4-5-14(8)7-9-2-3-10(11)13-6-9/h2-3,6,12H,1,4-5,7H2. The van der Waals surface area contributed by atoms with E-state index in [1.54, 1.807) is 0 Å². The number of aromatic nitrogens is 1. The molecule has 1 aliphatic rings. The molecule has 0 aromatic carbocycles. The molecule has 14 heavy (non-hydrogen) atoms. The van der Waals surface area contributed by atoms with E-state index in [0.717, 1.165) is 29.2 Å². The number of nitrogens with one attached hydrogen (secondary N) is 1. The molecule has 2 heterocycles. The number of pyridine rings is 1. The van der Waals surface area contributed by atoms with Crippen molar-refractivity contribution in [2.45, 2.75) is 6.54 Å². The molecule has 1 aromatic rings. The Bertz CT molecular complexity index is 334. The maximum Gasteiger partial charge on any atom is 0.101 e. The lowest BCUT2D eigenvalue weighted by atomic mass is 10.3. The quantitative estimate of drug-likeness (QED) is 0.664. The second kappa shape index (κ2) is 4.16. The summed E-state index contributed by atoms with van der Waals surface area (Å²) < 4.78 is 1.03. The predicted molar refractivity (Wildman–Crippen MR) is 64.5 cm³/mol. The fourth-order valence-corrected chi connectivity index (χ4v) is 1.80. The molecule has 0 bridgehead atoms. The first-order valence-electron chi connectivity index (χ1n) is 4.54. The zero-order valence-electron chi connectivity index (χ0n) is 7.83. The van der Waals surface area contributed by atoms with E-state index in [2.05, 4.69) is 50.4 Å². The summed E-state index contributed by atoms with van der Waals surface area (Å²) in [5.74, 6) is 1.02. The summed E-state index contributed by atoms with van der Waals surface area (Å²) in [6, 6.07) is 4.14. The maximum atomic E-state index is 4.26. The molecule has 0 amide bonds. The lowest BCUT2D eigenvalue weighted by Crippen LogP contribution is -2.18. The van der Waals surface area contributed by atoms with Gasteiger partial charge in [0.1, 0.15) is 3.70 Å². The van der Waals surface area contributed by atoms with Crippen LogP contribution in [0.15, 0.2) is 30.7 Å². The van der Waals surface area contributed by atoms with Crippen LogP contribution in [0.3, 0.4) is 0 Å². The van der Waals surface area contributed by atoms with E-state index >= 15 is 0 Å². The SMILES string of the molecule is C=C1NCCN1Cc1ccc(I)nc1. The summed E-state index contributed by atoms with van der Waals surface area (Å²) in [5, 5.41) is 3.21. The second-order valence-electron chi connectivity index (χ2n) is 3.28. The largest absolute Gasteiger partial charge is 0.370 e. The van der Waals surface area contributed by atoms with Crippen LogP contribution in [0.5, 0.6) is 0 Å². The van der Waals surface area contributed by atoms with Crippen LogP contribution >= 0.6 is 22.6 Å². The smallest absolute Gasteiger partial charge is 0.101 e. The third-order valence-corrected chi connectivity index (χ3v) is 2.89. The number of rotatable bonds is 2. The number of hydrogen-bond acceptors (Lipinski definition) is 3. The van der Waals surface area contributed by atoms with Gasteiger partial charge in [0.25, 0.3) is 0 Å². The highest BCUT2D eigenvalue weighted by Crippen LogP contribution is 2.11. The molecule has 4 heteroatoms. The molecule has 1 N–H and O–H groups in total. The Hall–Kier alpha value is -0.780. The van der Waals surface area contributed by atoms with Gasteiger partial charge < -0.3 is 10.2 Å². The number of hydrogen-bond donors (Lipinski definition) is 1. The molecule has 2 rings (SSSR count). The molecular weight excluding hydrogens is 289 g/mol. The normalized spacial score (nSPS) is 15.8. The molecule has 3 nitrogen and oxygen atoms in total. The van der Waals surface area contributed by atoms with Crippen molar-refractivity contribution in [2.24, 2.45) is 0 Å². The molecule has 1 saturated heterocycles. The minimum absolute atomic E-state index is 0.899. The topological polar surface area (TPSA) is 28.2 Å². The first kappa shape index (κ1) is 9.76. The summed E-state index contributed by atoms with van der Waals surface area (Å²) in [7, 11) is 0. The van der Waals surface area contributed by atoms with E-state index in [4.69, 9.17) is 0 Å². The third-order valence-electron chi connectivity index (χ3n) is 2.25.